The molecule has 0 unspecified atom stereocenters. The van der Waals surface area contributed by atoms with E-state index < -0.39 is 5.60 Å². The lowest BCUT2D eigenvalue weighted by molar-refractivity contribution is -0.00174. The summed E-state index contributed by atoms with van der Waals surface area (Å²) < 4.78 is 10.8. The normalized spacial score (nSPS) is 14.2. The van der Waals surface area contributed by atoms with Crippen molar-refractivity contribution in [2.45, 2.75) is 94.7 Å². The van der Waals surface area contributed by atoms with Crippen LogP contribution in [-0.2, 0) is 24.0 Å². The number of amides is 1. The summed E-state index contributed by atoms with van der Waals surface area (Å²) in [6.45, 7) is 10.4. The molecule has 15 rings (SSSR count). The van der Waals surface area contributed by atoms with E-state index in [-0.39, 0.29) is 29.4 Å². The first-order valence-electron chi connectivity index (χ1n) is 31.0. The molecule has 3 saturated heterocycles. The molecule has 0 aliphatic carbocycles. The average molecular weight is 1310 g/mol. The van der Waals surface area contributed by atoms with Crippen LogP contribution >= 0.6 is 35.3 Å². The van der Waals surface area contributed by atoms with Gasteiger partial charge in [-0.1, -0.05) is 71.7 Å². The molecule has 26 heteroatoms. The number of hydrogen-bond acceptors (Lipinski definition) is 19. The highest BCUT2D eigenvalue weighted by atomic mass is 32.2. The molecule has 1 amide bonds. The number of benzene rings is 3. The highest BCUT2D eigenvalue weighted by Crippen LogP contribution is 2.33. The van der Waals surface area contributed by atoms with E-state index >= 15 is 0 Å². The van der Waals surface area contributed by atoms with Crippen molar-refractivity contribution < 1.29 is 23.9 Å². The SMILES string of the molecule is CC(C)(C)OC(=O)N1CC(CC(=O)c2cccc(Sc3cc(Cc4ncnn5cccc45)[nH]n3)c2)C1.O=C(CC1CNC1)c1cccc(Sc2cc(Cc3ncnn4cccc34)[nH]n2)c1.O=C(CC1CNC1)c1cccc(Sc2cc(Cc3ncnn4cccc34)[nH]n2)c1. The number of carbonyl (C=O) groups excluding carboxylic acids is 4. The third-order valence-corrected chi connectivity index (χ3v) is 18.8. The lowest BCUT2D eigenvalue weighted by Crippen LogP contribution is -2.52. The summed E-state index contributed by atoms with van der Waals surface area (Å²) in [6, 6.07) is 41.1. The molecule has 0 radical (unpaired) electrons. The van der Waals surface area contributed by atoms with Gasteiger partial charge in [-0.05, 0) is 150 Å². The minimum atomic E-state index is -0.518. The molecule has 478 valence electrons. The van der Waals surface area contributed by atoms with Crippen LogP contribution in [0.1, 0.15) is 105 Å². The highest BCUT2D eigenvalue weighted by molar-refractivity contribution is 7.99. The number of ketones is 3. The second-order valence-electron chi connectivity index (χ2n) is 24.4. The van der Waals surface area contributed by atoms with Crippen molar-refractivity contribution in [3.8, 4) is 0 Å². The molecule has 0 saturated carbocycles. The minimum absolute atomic E-state index is 0.0778. The molecule has 5 N–H and O–H groups in total. The number of fused-ring (bicyclic) bond motifs is 3. The molecule has 23 nitrogen and oxygen atoms in total. The second kappa shape index (κ2) is 28.7. The molecule has 0 spiro atoms. The van der Waals surface area contributed by atoms with Gasteiger partial charge in [-0.2, -0.15) is 30.6 Å². The van der Waals surface area contributed by atoms with Crippen molar-refractivity contribution in [1.29, 1.82) is 0 Å². The first-order valence-corrected chi connectivity index (χ1v) is 33.4. The van der Waals surface area contributed by atoms with Crippen LogP contribution in [0.25, 0.3) is 16.6 Å². The molecular weight excluding hydrogens is 1250 g/mol. The van der Waals surface area contributed by atoms with Crippen LogP contribution < -0.4 is 10.6 Å². The van der Waals surface area contributed by atoms with Gasteiger partial charge >= 0.3 is 6.09 Å². The van der Waals surface area contributed by atoms with Crippen molar-refractivity contribution in [3.63, 3.8) is 0 Å². The number of ether oxygens (including phenoxy) is 1. The number of likely N-dealkylation sites (tertiary alicyclic amines) is 1. The summed E-state index contributed by atoms with van der Waals surface area (Å²) in [7, 11) is 0. The Labute approximate surface area is 553 Å². The third kappa shape index (κ3) is 16.1. The first kappa shape index (κ1) is 63.2. The summed E-state index contributed by atoms with van der Waals surface area (Å²) in [5.41, 5.74) is 10.4. The summed E-state index contributed by atoms with van der Waals surface area (Å²) in [5, 5.41) is 44.1. The van der Waals surface area contributed by atoms with E-state index in [9.17, 15) is 19.2 Å². The Bertz CT molecular complexity index is 4460. The van der Waals surface area contributed by atoms with E-state index in [2.05, 4.69) is 71.5 Å². The van der Waals surface area contributed by atoms with Gasteiger partial charge < -0.3 is 20.3 Å². The maximum absolute atomic E-state index is 12.9. The van der Waals surface area contributed by atoms with Gasteiger partial charge in [0.05, 0.1) is 33.6 Å². The van der Waals surface area contributed by atoms with E-state index in [1.807, 2.05) is 176 Å². The molecule has 3 fully saturated rings. The van der Waals surface area contributed by atoms with E-state index in [4.69, 9.17) is 4.74 Å². The zero-order valence-electron chi connectivity index (χ0n) is 51.9. The van der Waals surface area contributed by atoms with Crippen LogP contribution in [0.4, 0.5) is 4.79 Å². The number of nitrogens with zero attached hydrogens (tertiary/aromatic N) is 13. The minimum Gasteiger partial charge on any atom is -0.444 e. The van der Waals surface area contributed by atoms with Gasteiger partial charge in [-0.15, -0.1) is 0 Å². The Hall–Kier alpha value is -9.60. The molecule has 0 bridgehead atoms. The Balaban J connectivity index is 0.000000129. The smallest absolute Gasteiger partial charge is 0.410 e. The van der Waals surface area contributed by atoms with Crippen LogP contribution in [0.2, 0.25) is 0 Å². The molecule has 9 aromatic heterocycles. The number of nitrogens with one attached hydrogen (secondary N) is 5. The van der Waals surface area contributed by atoms with Gasteiger partial charge in [0, 0.05) is 125 Å². The Morgan fingerprint density at radius 2 is 0.819 bits per heavy atom. The quantitative estimate of drug-likeness (QED) is 0.0418. The summed E-state index contributed by atoms with van der Waals surface area (Å²) in [6.07, 6.45) is 13.6. The van der Waals surface area contributed by atoms with Gasteiger partial charge in [-0.25, -0.2) is 33.3 Å². The van der Waals surface area contributed by atoms with Crippen molar-refractivity contribution in [3.05, 3.63) is 216 Å². The fraction of sp³-hybridized carbons (Fsp3) is 0.279. The predicted octanol–water partition coefficient (Wildman–Crippen LogP) is 10.6. The second-order valence-corrected chi connectivity index (χ2v) is 27.7. The number of hydrogen-bond donors (Lipinski definition) is 5. The molecule has 3 aromatic carbocycles. The van der Waals surface area contributed by atoms with E-state index in [0.29, 0.717) is 69.0 Å². The summed E-state index contributed by atoms with van der Waals surface area (Å²) >= 11 is 4.60. The lowest BCUT2D eigenvalue weighted by Gasteiger charge is -2.39. The zero-order valence-corrected chi connectivity index (χ0v) is 54.3. The monoisotopic (exact) mass is 1310 g/mol. The van der Waals surface area contributed by atoms with Crippen LogP contribution in [0.3, 0.4) is 0 Å². The van der Waals surface area contributed by atoms with Gasteiger partial charge in [0.1, 0.15) is 39.7 Å². The van der Waals surface area contributed by atoms with E-state index in [1.54, 1.807) is 51.9 Å². The topological polar surface area (TPSA) is 281 Å². The van der Waals surface area contributed by atoms with E-state index in [0.717, 1.165) is 118 Å². The van der Waals surface area contributed by atoms with Crippen LogP contribution in [0.15, 0.2) is 195 Å². The molecular formula is C68H68N18O5S3. The highest BCUT2D eigenvalue weighted by Gasteiger charge is 2.35. The molecule has 12 heterocycles. The number of H-pyrrole nitrogens is 3. The van der Waals surface area contributed by atoms with E-state index in [1.165, 1.54) is 11.8 Å². The maximum atomic E-state index is 12.9. The van der Waals surface area contributed by atoms with Crippen molar-refractivity contribution in [2.24, 2.45) is 17.8 Å². The number of aromatic amines is 3. The number of aromatic nitrogens is 15. The molecule has 0 atom stereocenters. The maximum Gasteiger partial charge on any atom is 0.410 e. The fourth-order valence-electron chi connectivity index (χ4n) is 11.0. The van der Waals surface area contributed by atoms with Crippen molar-refractivity contribution in [2.75, 3.05) is 39.3 Å². The van der Waals surface area contributed by atoms with Crippen LogP contribution in [0, 0.1) is 17.8 Å². The van der Waals surface area contributed by atoms with Gasteiger partial charge in [0.15, 0.2) is 17.3 Å². The first-order chi connectivity index (χ1) is 45.7. The molecule has 3 aliphatic rings. The third-order valence-electron chi connectivity index (χ3n) is 16.0. The zero-order chi connectivity index (χ0) is 64.5. The average Bonchev–Trinajstić information content (AvgIpc) is 1.60. The lowest BCUT2D eigenvalue weighted by atomic mass is 9.92. The summed E-state index contributed by atoms with van der Waals surface area (Å²) in [4.78, 5) is 67.8. The van der Waals surface area contributed by atoms with Crippen LogP contribution in [-0.4, -0.2) is 148 Å². The number of Topliss-reactive ketones (excluding diaryl/α,β-unsaturated/α-hetero) is 3. The Morgan fingerprint density at radius 1 is 0.468 bits per heavy atom. The summed E-state index contributed by atoms with van der Waals surface area (Å²) in [5.74, 6) is 1.60. The number of carbonyl (C=O) groups is 4. The van der Waals surface area contributed by atoms with Crippen LogP contribution in [0.5, 0.6) is 0 Å². The standard InChI is InChI=1S/C26H28N6O3S.2C21H20N6OS/c1-26(2,3)35-25(34)31-14-17(15-31)10-23(33)18-6-4-7-20(11-18)36-24-13-19(29-30-24)12-21-22-8-5-9-32(22)28-16-27-21;2*28-20(7-14-11-22-12-14)15-3-1-4-17(8-15)29-21-10-16(25-26-21)9-18-19-5-2-6-27(19)24-13-23-18/h4-9,11,13,16-17H,10,12,14-15H2,1-3H3,(H,29,30);2*1-6,8,10,13-14,22H,7,9,11-12H2,(H,25,26). The van der Waals surface area contributed by atoms with Gasteiger partial charge in [-0.3, -0.25) is 29.7 Å². The molecule has 94 heavy (non-hydrogen) atoms. The Kier molecular flexibility index (Phi) is 19.3. The predicted molar refractivity (Wildman–Crippen MR) is 356 cm³/mol. The Morgan fingerprint density at radius 3 is 1.15 bits per heavy atom. The number of rotatable bonds is 21. The van der Waals surface area contributed by atoms with Gasteiger partial charge in [0.2, 0.25) is 0 Å². The molecule has 12 aromatic rings. The van der Waals surface area contributed by atoms with Crippen molar-refractivity contribution in [1.82, 2.24) is 89.9 Å². The largest absolute Gasteiger partial charge is 0.444 e. The van der Waals surface area contributed by atoms with Gasteiger partial charge in [0.25, 0.3) is 0 Å². The molecule has 3 aliphatic heterocycles. The fourth-order valence-corrected chi connectivity index (χ4v) is 13.6. The van der Waals surface area contributed by atoms with Crippen molar-refractivity contribution >= 4 is 75.3 Å².